The number of carbonyl (C=O) groups excluding carboxylic acids is 1. The van der Waals surface area contributed by atoms with E-state index in [-0.39, 0.29) is 24.8 Å². The van der Waals surface area contributed by atoms with Crippen molar-refractivity contribution < 1.29 is 14.3 Å². The Hall–Kier alpha value is -1.95. The minimum Gasteiger partial charge on any atom is -0.454 e. The molecular weight excluding hydrogens is 324 g/mol. The molecular formula is C18H22N2O3S. The van der Waals surface area contributed by atoms with Crippen molar-refractivity contribution in [2.45, 2.75) is 46.7 Å². The summed E-state index contributed by atoms with van der Waals surface area (Å²) >= 11 is 1.44. The molecule has 1 aromatic rings. The van der Waals surface area contributed by atoms with Crippen molar-refractivity contribution in [1.82, 2.24) is 4.90 Å². The number of hydrogen-bond donors (Lipinski definition) is 0. The van der Waals surface area contributed by atoms with Crippen LogP contribution in [0.3, 0.4) is 0 Å². The fraction of sp³-hybridized carbons (Fsp3) is 0.444. The molecule has 0 radical (unpaired) electrons. The van der Waals surface area contributed by atoms with E-state index in [1.165, 1.54) is 11.8 Å². The predicted molar refractivity (Wildman–Crippen MR) is 97.4 cm³/mol. The van der Waals surface area contributed by atoms with E-state index < -0.39 is 0 Å². The number of aryl methyl sites for hydroxylation is 1. The SMILES string of the molecule is Cc1cc2c(cc1/C=C1/SC(=NC(C)C)N(C(C)C)C1=O)OCO2. The maximum absolute atomic E-state index is 12.8. The molecule has 5 nitrogen and oxygen atoms in total. The highest BCUT2D eigenvalue weighted by Crippen LogP contribution is 2.38. The minimum atomic E-state index is 0.00599. The number of amidine groups is 1. The zero-order valence-electron chi connectivity index (χ0n) is 14.6. The van der Waals surface area contributed by atoms with Crippen LogP contribution in [0, 0.1) is 6.92 Å². The number of ether oxygens (including phenoxy) is 2. The smallest absolute Gasteiger partial charge is 0.266 e. The lowest BCUT2D eigenvalue weighted by Crippen LogP contribution is -2.35. The van der Waals surface area contributed by atoms with Gasteiger partial charge in [0.1, 0.15) is 0 Å². The van der Waals surface area contributed by atoms with Gasteiger partial charge in [-0.15, -0.1) is 0 Å². The molecule has 0 saturated carbocycles. The molecule has 1 saturated heterocycles. The van der Waals surface area contributed by atoms with E-state index >= 15 is 0 Å². The van der Waals surface area contributed by atoms with Crippen molar-refractivity contribution in [2.75, 3.05) is 6.79 Å². The van der Waals surface area contributed by atoms with Gasteiger partial charge in [0.15, 0.2) is 16.7 Å². The summed E-state index contributed by atoms with van der Waals surface area (Å²) in [6.45, 7) is 10.3. The number of rotatable bonds is 3. The van der Waals surface area contributed by atoms with Crippen LogP contribution in [-0.2, 0) is 4.79 Å². The fourth-order valence-electron chi connectivity index (χ4n) is 2.61. The quantitative estimate of drug-likeness (QED) is 0.781. The van der Waals surface area contributed by atoms with Crippen LogP contribution in [0.25, 0.3) is 6.08 Å². The highest BCUT2D eigenvalue weighted by molar-refractivity contribution is 8.18. The normalized spacial score (nSPS) is 20.3. The molecule has 1 fully saturated rings. The molecule has 0 bridgehead atoms. The van der Waals surface area contributed by atoms with Gasteiger partial charge in [-0.25, -0.2) is 0 Å². The van der Waals surface area contributed by atoms with Crippen molar-refractivity contribution in [3.63, 3.8) is 0 Å². The van der Waals surface area contributed by atoms with Gasteiger partial charge in [-0.3, -0.25) is 14.7 Å². The van der Waals surface area contributed by atoms with E-state index in [0.29, 0.717) is 4.91 Å². The lowest BCUT2D eigenvalue weighted by Gasteiger charge is -2.20. The van der Waals surface area contributed by atoms with Crippen molar-refractivity contribution in [2.24, 2.45) is 4.99 Å². The third-order valence-electron chi connectivity index (χ3n) is 3.77. The number of benzene rings is 1. The maximum Gasteiger partial charge on any atom is 0.266 e. The van der Waals surface area contributed by atoms with E-state index in [1.807, 2.05) is 52.8 Å². The highest BCUT2D eigenvalue weighted by atomic mass is 32.2. The Morgan fingerprint density at radius 2 is 1.88 bits per heavy atom. The van der Waals surface area contributed by atoms with Gasteiger partial charge in [0.2, 0.25) is 6.79 Å². The molecule has 0 aliphatic carbocycles. The summed E-state index contributed by atoms with van der Waals surface area (Å²) in [5.74, 6) is 1.48. The van der Waals surface area contributed by atoms with Gasteiger partial charge in [0, 0.05) is 12.1 Å². The van der Waals surface area contributed by atoms with E-state index in [2.05, 4.69) is 4.99 Å². The Morgan fingerprint density at radius 1 is 1.21 bits per heavy atom. The molecule has 0 unspecified atom stereocenters. The Kier molecular flexibility index (Phi) is 4.58. The lowest BCUT2D eigenvalue weighted by molar-refractivity contribution is -0.123. The fourth-order valence-corrected chi connectivity index (χ4v) is 3.83. The molecule has 0 atom stereocenters. The molecule has 24 heavy (non-hydrogen) atoms. The number of amides is 1. The maximum atomic E-state index is 12.8. The van der Waals surface area contributed by atoms with Gasteiger partial charge >= 0.3 is 0 Å². The molecule has 0 N–H and O–H groups in total. The molecule has 2 heterocycles. The Morgan fingerprint density at radius 3 is 2.50 bits per heavy atom. The third-order valence-corrected chi connectivity index (χ3v) is 4.77. The molecule has 1 amide bonds. The molecule has 0 aromatic heterocycles. The van der Waals surface area contributed by atoms with Crippen molar-refractivity contribution in [3.8, 4) is 11.5 Å². The third kappa shape index (κ3) is 3.15. The number of nitrogens with zero attached hydrogens (tertiary/aromatic N) is 2. The van der Waals surface area contributed by atoms with Gasteiger partial charge in [0.05, 0.1) is 4.91 Å². The molecule has 0 spiro atoms. The average Bonchev–Trinajstić information content (AvgIpc) is 3.03. The highest BCUT2D eigenvalue weighted by Gasteiger charge is 2.35. The predicted octanol–water partition coefficient (Wildman–Crippen LogP) is 3.81. The lowest BCUT2D eigenvalue weighted by atomic mass is 10.1. The van der Waals surface area contributed by atoms with Gasteiger partial charge in [-0.05, 0) is 75.7 Å². The van der Waals surface area contributed by atoms with Crippen LogP contribution in [0.2, 0.25) is 0 Å². The summed E-state index contributed by atoms with van der Waals surface area (Å²) in [4.78, 5) is 19.8. The first-order valence-corrected chi connectivity index (χ1v) is 8.89. The zero-order chi connectivity index (χ0) is 17.4. The molecule has 128 valence electrons. The first-order chi connectivity index (χ1) is 11.4. The van der Waals surface area contributed by atoms with Gasteiger partial charge in [-0.1, -0.05) is 0 Å². The second-order valence-electron chi connectivity index (χ2n) is 6.45. The van der Waals surface area contributed by atoms with Crippen molar-refractivity contribution in [1.29, 1.82) is 0 Å². The summed E-state index contributed by atoms with van der Waals surface area (Å²) in [7, 11) is 0. The Bertz CT molecular complexity index is 738. The second-order valence-corrected chi connectivity index (χ2v) is 7.46. The van der Waals surface area contributed by atoms with Crippen LogP contribution in [0.5, 0.6) is 11.5 Å². The largest absolute Gasteiger partial charge is 0.454 e. The number of carbonyl (C=O) groups is 1. The second kappa shape index (κ2) is 6.51. The van der Waals surface area contributed by atoms with Crippen LogP contribution in [0.4, 0.5) is 0 Å². The topological polar surface area (TPSA) is 51.1 Å². The van der Waals surface area contributed by atoms with Crippen molar-refractivity contribution >= 4 is 28.9 Å². The molecule has 6 heteroatoms. The van der Waals surface area contributed by atoms with E-state index in [9.17, 15) is 4.79 Å². The summed E-state index contributed by atoms with van der Waals surface area (Å²) in [6.07, 6.45) is 1.92. The monoisotopic (exact) mass is 346 g/mol. The number of hydrogen-bond acceptors (Lipinski definition) is 5. The Balaban J connectivity index is 1.98. The van der Waals surface area contributed by atoms with Crippen LogP contribution in [-0.4, -0.2) is 34.9 Å². The number of fused-ring (bicyclic) bond motifs is 1. The summed E-state index contributed by atoms with van der Waals surface area (Å²) < 4.78 is 10.8. The van der Waals surface area contributed by atoms with E-state index in [4.69, 9.17) is 9.47 Å². The first-order valence-electron chi connectivity index (χ1n) is 8.08. The average molecular weight is 346 g/mol. The summed E-state index contributed by atoms with van der Waals surface area (Å²) in [6, 6.07) is 4.09. The van der Waals surface area contributed by atoms with Gasteiger partial charge < -0.3 is 9.47 Å². The number of aliphatic imine (C=N–C) groups is 1. The van der Waals surface area contributed by atoms with E-state index in [0.717, 1.165) is 27.8 Å². The molecule has 1 aromatic carbocycles. The first kappa shape index (κ1) is 16.9. The van der Waals surface area contributed by atoms with E-state index in [1.54, 1.807) is 4.90 Å². The van der Waals surface area contributed by atoms with Crippen molar-refractivity contribution in [3.05, 3.63) is 28.2 Å². The minimum absolute atomic E-state index is 0.00599. The van der Waals surface area contributed by atoms with Gasteiger partial charge in [-0.2, -0.15) is 0 Å². The molecule has 3 rings (SSSR count). The van der Waals surface area contributed by atoms with Crippen LogP contribution in [0.1, 0.15) is 38.8 Å². The summed E-state index contributed by atoms with van der Waals surface area (Å²) in [5.41, 5.74) is 2.01. The molecule has 2 aliphatic rings. The van der Waals surface area contributed by atoms with Gasteiger partial charge in [0.25, 0.3) is 5.91 Å². The van der Waals surface area contributed by atoms with Crippen LogP contribution in [0.15, 0.2) is 22.0 Å². The zero-order valence-corrected chi connectivity index (χ0v) is 15.4. The standard InChI is InChI=1S/C18H22N2O3S/c1-10(2)19-18-20(11(3)4)17(21)16(24-18)8-13-7-15-14(6-12(13)5)22-9-23-15/h6-8,10-11H,9H2,1-5H3/b16-8+,19-18?. The van der Waals surface area contributed by atoms with Crippen LogP contribution >= 0.6 is 11.8 Å². The summed E-state index contributed by atoms with van der Waals surface area (Å²) in [5, 5.41) is 0.773. The Labute approximate surface area is 146 Å². The van der Waals surface area contributed by atoms with Crippen LogP contribution < -0.4 is 9.47 Å². The number of thioether (sulfide) groups is 1. The molecule has 2 aliphatic heterocycles.